The first kappa shape index (κ1) is 14.5. The molecule has 0 bridgehead atoms. The molecule has 1 aromatic carbocycles. The van der Waals surface area contributed by atoms with E-state index in [0.29, 0.717) is 6.54 Å². The van der Waals surface area contributed by atoms with Gasteiger partial charge in [-0.1, -0.05) is 12.1 Å². The normalized spacial score (nSPS) is 11.3. The maximum Gasteiger partial charge on any atom is 0.217 e. The average molecular weight is 396 g/mol. The van der Waals surface area contributed by atoms with Crippen LogP contribution < -0.4 is 5.32 Å². The predicted octanol–water partition coefficient (Wildman–Crippen LogP) is 0.558. The Morgan fingerprint density at radius 1 is 1.53 bits per heavy atom. The van der Waals surface area contributed by atoms with Crippen molar-refractivity contribution in [2.75, 3.05) is 0 Å². The van der Waals surface area contributed by atoms with Gasteiger partial charge < -0.3 is 9.87 Å². The van der Waals surface area contributed by atoms with Gasteiger partial charge in [-0.25, -0.2) is 0 Å². The molecule has 1 N–H and O–H groups in total. The van der Waals surface area contributed by atoms with Gasteiger partial charge >= 0.3 is 0 Å². The molecule has 0 aromatic heterocycles. The quantitative estimate of drug-likeness (QED) is 0.760. The molecule has 0 aliphatic carbocycles. The summed E-state index contributed by atoms with van der Waals surface area (Å²) in [5.41, 5.74) is 0.766. The zero-order valence-corrected chi connectivity index (χ0v) is 11.8. The van der Waals surface area contributed by atoms with Crippen LogP contribution in [-0.4, -0.2) is 14.7 Å². The Kier molecular flexibility index (Phi) is 6.64. The molecule has 1 unspecified atom stereocenters. The molecule has 1 amide bonds. The summed E-state index contributed by atoms with van der Waals surface area (Å²) < 4.78 is 21.2. The number of carbonyl (C=O) groups is 1. The Morgan fingerprint density at radius 2 is 2.20 bits per heavy atom. The van der Waals surface area contributed by atoms with Crippen molar-refractivity contribution in [3.8, 4) is 0 Å². The van der Waals surface area contributed by atoms with Gasteiger partial charge in [0.15, 0.2) is 0 Å². The van der Waals surface area contributed by atoms with E-state index in [1.54, 1.807) is 12.1 Å². The van der Waals surface area contributed by atoms with Gasteiger partial charge in [-0.2, -0.15) is 0 Å². The minimum atomic E-state index is -2.22. The monoisotopic (exact) mass is 396 g/mol. The van der Waals surface area contributed by atoms with Crippen molar-refractivity contribution >= 4 is 17.0 Å². The summed E-state index contributed by atoms with van der Waals surface area (Å²) >= 11 is -2.22. The number of benzene rings is 1. The molecule has 1 aromatic rings. The molecule has 0 fully saturated rings. The van der Waals surface area contributed by atoms with Gasteiger partial charge in [0.1, 0.15) is 0 Å². The third kappa shape index (κ3) is 5.21. The van der Waals surface area contributed by atoms with Gasteiger partial charge in [0, 0.05) is 39.4 Å². The largest absolute Gasteiger partial charge is 0.768 e. The first-order valence-electron chi connectivity index (χ1n) is 4.02. The fourth-order valence-electron chi connectivity index (χ4n) is 0.986. The van der Waals surface area contributed by atoms with Crippen molar-refractivity contribution < 1.29 is 34.6 Å². The molecule has 82 valence electrons. The maximum atomic E-state index is 10.6. The van der Waals surface area contributed by atoms with Gasteiger partial charge in [-0.05, 0) is 28.8 Å². The minimum Gasteiger partial charge on any atom is -0.768 e. The molecule has 0 heterocycles. The molecule has 0 saturated heterocycles. The van der Waals surface area contributed by atoms with Crippen molar-refractivity contribution in [1.82, 2.24) is 5.32 Å². The molecule has 15 heavy (non-hydrogen) atoms. The first-order valence-corrected chi connectivity index (χ1v) is 5.09. The van der Waals surface area contributed by atoms with Crippen molar-refractivity contribution in [2.45, 2.75) is 18.4 Å². The van der Waals surface area contributed by atoms with Crippen molar-refractivity contribution in [3.05, 3.63) is 29.8 Å². The van der Waals surface area contributed by atoms with Gasteiger partial charge in [-0.15, -0.1) is 0 Å². The molecule has 1 rings (SSSR count). The zero-order chi connectivity index (χ0) is 10.6. The van der Waals surface area contributed by atoms with Crippen LogP contribution in [0.3, 0.4) is 0 Å². The van der Waals surface area contributed by atoms with Gasteiger partial charge in [0.25, 0.3) is 0 Å². The van der Waals surface area contributed by atoms with E-state index >= 15 is 0 Å². The third-order valence-electron chi connectivity index (χ3n) is 1.63. The van der Waals surface area contributed by atoms with E-state index in [2.05, 4.69) is 5.32 Å². The van der Waals surface area contributed by atoms with Gasteiger partial charge in [0.2, 0.25) is 5.91 Å². The number of carbonyl (C=O) groups excluding carboxylic acids is 1. The van der Waals surface area contributed by atoms with E-state index in [0.717, 1.165) is 5.56 Å². The van der Waals surface area contributed by atoms with Crippen LogP contribution in [0, 0.1) is 0 Å². The predicted molar refractivity (Wildman–Crippen MR) is 51.1 cm³/mol. The number of hydrogen-bond acceptors (Lipinski definition) is 3. The van der Waals surface area contributed by atoms with E-state index < -0.39 is 11.1 Å². The average Bonchev–Trinajstić information content (AvgIpc) is 2.15. The second kappa shape index (κ2) is 6.88. The Bertz CT molecular complexity index is 370. The molecular formula is C9H10NO3SW-. The first-order chi connectivity index (χ1) is 6.59. The number of nitrogens with one attached hydrogen (secondary N) is 1. The molecule has 0 saturated carbocycles. The Morgan fingerprint density at radius 3 is 2.73 bits per heavy atom. The number of hydrogen-bond donors (Lipinski definition) is 1. The Hall–Kier alpha value is -0.512. The molecule has 6 heteroatoms. The SMILES string of the molecule is CC(=O)NCc1cccc(S(=O)[O-])c1.[W]. The smallest absolute Gasteiger partial charge is 0.217 e. The topological polar surface area (TPSA) is 69.2 Å². The summed E-state index contributed by atoms with van der Waals surface area (Å²) in [4.78, 5) is 10.8. The Balaban J connectivity index is 0.00000196. The van der Waals surface area contributed by atoms with Crippen LogP contribution in [0.2, 0.25) is 0 Å². The van der Waals surface area contributed by atoms with E-state index in [4.69, 9.17) is 0 Å². The van der Waals surface area contributed by atoms with Crippen LogP contribution >= 0.6 is 0 Å². The van der Waals surface area contributed by atoms with Crippen LogP contribution in [0.1, 0.15) is 12.5 Å². The second-order valence-electron chi connectivity index (χ2n) is 2.79. The molecule has 0 radical (unpaired) electrons. The summed E-state index contributed by atoms with van der Waals surface area (Å²) in [6.07, 6.45) is 0. The van der Waals surface area contributed by atoms with E-state index in [1.807, 2.05) is 0 Å². The van der Waals surface area contributed by atoms with Crippen LogP contribution in [-0.2, 0) is 43.5 Å². The van der Waals surface area contributed by atoms with Crippen LogP contribution in [0.15, 0.2) is 29.2 Å². The number of rotatable bonds is 3. The standard InChI is InChI=1S/C9H11NO3S.W/c1-7(11)10-6-8-3-2-4-9(5-8)14(12)13;/h2-5H,6H2,1H3,(H,10,11)(H,12,13);/p-1. The van der Waals surface area contributed by atoms with Crippen LogP contribution in [0.25, 0.3) is 0 Å². The van der Waals surface area contributed by atoms with E-state index in [-0.39, 0.29) is 31.9 Å². The molecular weight excluding hydrogens is 386 g/mol. The third-order valence-corrected chi connectivity index (χ3v) is 2.27. The minimum absolute atomic E-state index is 0. The zero-order valence-electron chi connectivity index (χ0n) is 8.06. The summed E-state index contributed by atoms with van der Waals surface area (Å²) in [6.45, 7) is 1.76. The maximum absolute atomic E-state index is 10.6. The second-order valence-corrected chi connectivity index (χ2v) is 3.73. The molecule has 4 nitrogen and oxygen atoms in total. The fourth-order valence-corrected chi connectivity index (χ4v) is 1.42. The van der Waals surface area contributed by atoms with Gasteiger partial charge in [0.05, 0.1) is 0 Å². The van der Waals surface area contributed by atoms with Crippen LogP contribution in [0.5, 0.6) is 0 Å². The van der Waals surface area contributed by atoms with E-state index in [1.165, 1.54) is 19.1 Å². The summed E-state index contributed by atoms with van der Waals surface area (Å²) in [5, 5.41) is 2.59. The molecule has 0 aliphatic rings. The summed E-state index contributed by atoms with van der Waals surface area (Å²) in [5.74, 6) is -0.140. The van der Waals surface area contributed by atoms with Gasteiger partial charge in [-0.3, -0.25) is 9.00 Å². The molecule has 1 atom stereocenters. The molecule has 0 spiro atoms. The molecule has 0 aliphatic heterocycles. The van der Waals surface area contributed by atoms with Crippen LogP contribution in [0.4, 0.5) is 0 Å². The fraction of sp³-hybridized carbons (Fsp3) is 0.222. The summed E-state index contributed by atoms with van der Waals surface area (Å²) in [6, 6.07) is 6.42. The van der Waals surface area contributed by atoms with Crippen molar-refractivity contribution in [3.63, 3.8) is 0 Å². The van der Waals surface area contributed by atoms with Crippen molar-refractivity contribution in [2.24, 2.45) is 0 Å². The number of amides is 1. The van der Waals surface area contributed by atoms with Crippen molar-refractivity contribution in [1.29, 1.82) is 0 Å². The summed E-state index contributed by atoms with van der Waals surface area (Å²) in [7, 11) is 0. The van der Waals surface area contributed by atoms with E-state index in [9.17, 15) is 13.6 Å². The Labute approximate surface area is 105 Å².